The van der Waals surface area contributed by atoms with Gasteiger partial charge in [-0.3, -0.25) is 9.59 Å². The van der Waals surface area contributed by atoms with Crippen LogP contribution in [0.3, 0.4) is 0 Å². The van der Waals surface area contributed by atoms with Gasteiger partial charge in [0.2, 0.25) is 11.8 Å². The van der Waals surface area contributed by atoms with E-state index >= 15 is 0 Å². The molecule has 3 heterocycles. The minimum absolute atomic E-state index is 0.0299. The smallest absolute Gasteiger partial charge is 0.229 e. The molecule has 2 aromatic heterocycles. The normalized spacial score (nSPS) is 16.3. The number of rotatable bonds is 5. The quantitative estimate of drug-likeness (QED) is 0.517. The van der Waals surface area contributed by atoms with Crippen LogP contribution >= 0.6 is 11.3 Å². The predicted molar refractivity (Wildman–Crippen MR) is 116 cm³/mol. The van der Waals surface area contributed by atoms with Gasteiger partial charge in [0.05, 0.1) is 28.9 Å². The van der Waals surface area contributed by atoms with Crippen LogP contribution in [0.2, 0.25) is 0 Å². The maximum Gasteiger partial charge on any atom is 0.229 e. The number of nitrogens with one attached hydrogen (secondary N) is 1. The third-order valence-electron chi connectivity index (χ3n) is 5.21. The summed E-state index contributed by atoms with van der Waals surface area (Å²) >= 11 is 1.64. The zero-order valence-corrected chi connectivity index (χ0v) is 16.9. The van der Waals surface area contributed by atoms with E-state index < -0.39 is 0 Å². The van der Waals surface area contributed by atoms with Crippen molar-refractivity contribution in [3.05, 3.63) is 72.7 Å². The van der Waals surface area contributed by atoms with Gasteiger partial charge in [-0.2, -0.15) is 0 Å². The van der Waals surface area contributed by atoms with Crippen LogP contribution in [0.4, 0.5) is 5.69 Å². The van der Waals surface area contributed by atoms with Crippen LogP contribution in [-0.2, 0) is 16.1 Å². The first-order valence-electron chi connectivity index (χ1n) is 9.73. The molecule has 0 spiro atoms. The van der Waals surface area contributed by atoms with E-state index in [1.54, 1.807) is 28.6 Å². The third kappa shape index (κ3) is 3.71. The Morgan fingerprint density at radius 2 is 1.97 bits per heavy atom. The number of hydrogen-bond donors (Lipinski definition) is 1. The van der Waals surface area contributed by atoms with Crippen LogP contribution in [0.25, 0.3) is 20.8 Å². The minimum atomic E-state index is -0.364. The van der Waals surface area contributed by atoms with Crippen LogP contribution < -0.4 is 5.32 Å². The molecule has 7 heteroatoms. The molecule has 1 fully saturated rings. The fourth-order valence-electron chi connectivity index (χ4n) is 3.63. The van der Waals surface area contributed by atoms with Gasteiger partial charge in [-0.15, -0.1) is 11.3 Å². The van der Waals surface area contributed by atoms with Crippen LogP contribution in [-0.4, -0.2) is 28.2 Å². The standard InChI is InChI=1S/C23H19N3O3S/c27-21-12-16(13-26(21)14-18-4-3-11-29-18)22(28)24-17-9-7-15(8-10-17)23-25-19-5-1-2-6-20(19)30-23/h1-11,16H,12-14H2,(H,24,28). The zero-order chi connectivity index (χ0) is 20.5. The molecular weight excluding hydrogens is 398 g/mol. The molecule has 2 amide bonds. The van der Waals surface area contributed by atoms with Crippen molar-refractivity contribution in [3.8, 4) is 10.6 Å². The second kappa shape index (κ2) is 7.76. The molecule has 1 aliphatic heterocycles. The van der Waals surface area contributed by atoms with Gasteiger partial charge < -0.3 is 14.6 Å². The van der Waals surface area contributed by atoms with E-state index in [1.807, 2.05) is 48.5 Å². The Labute approximate surface area is 177 Å². The number of carbonyl (C=O) groups is 2. The van der Waals surface area contributed by atoms with Crippen molar-refractivity contribution in [1.29, 1.82) is 0 Å². The maximum absolute atomic E-state index is 12.7. The highest BCUT2D eigenvalue weighted by molar-refractivity contribution is 7.21. The molecule has 1 unspecified atom stereocenters. The molecule has 0 saturated carbocycles. The summed E-state index contributed by atoms with van der Waals surface area (Å²) in [4.78, 5) is 31.2. The Morgan fingerprint density at radius 1 is 1.13 bits per heavy atom. The van der Waals surface area contributed by atoms with E-state index in [0.717, 1.165) is 26.5 Å². The molecular formula is C23H19N3O3S. The molecule has 6 nitrogen and oxygen atoms in total. The van der Waals surface area contributed by atoms with Crippen molar-refractivity contribution in [2.75, 3.05) is 11.9 Å². The first-order valence-corrected chi connectivity index (χ1v) is 10.5. The summed E-state index contributed by atoms with van der Waals surface area (Å²) in [5.41, 5.74) is 2.71. The number of likely N-dealkylation sites (tertiary alicyclic amines) is 1. The van der Waals surface area contributed by atoms with Gasteiger partial charge in [-0.1, -0.05) is 12.1 Å². The summed E-state index contributed by atoms with van der Waals surface area (Å²) in [6.45, 7) is 0.793. The van der Waals surface area contributed by atoms with Crippen molar-refractivity contribution in [2.45, 2.75) is 13.0 Å². The highest BCUT2D eigenvalue weighted by atomic mass is 32.1. The van der Waals surface area contributed by atoms with E-state index in [9.17, 15) is 9.59 Å². The van der Waals surface area contributed by atoms with Crippen LogP contribution in [0.15, 0.2) is 71.3 Å². The van der Waals surface area contributed by atoms with Crippen molar-refractivity contribution in [2.24, 2.45) is 5.92 Å². The van der Waals surface area contributed by atoms with Crippen molar-refractivity contribution in [3.63, 3.8) is 0 Å². The molecule has 1 saturated heterocycles. The number of para-hydroxylation sites is 1. The number of hydrogen-bond acceptors (Lipinski definition) is 5. The molecule has 4 aromatic rings. The summed E-state index contributed by atoms with van der Waals surface area (Å²) < 4.78 is 6.45. The van der Waals surface area contributed by atoms with E-state index in [0.29, 0.717) is 18.8 Å². The van der Waals surface area contributed by atoms with Crippen molar-refractivity contribution in [1.82, 2.24) is 9.88 Å². The van der Waals surface area contributed by atoms with Gasteiger partial charge in [0.1, 0.15) is 10.8 Å². The molecule has 0 aliphatic carbocycles. The summed E-state index contributed by atoms with van der Waals surface area (Å²) in [6.07, 6.45) is 1.80. The van der Waals surface area contributed by atoms with Gasteiger partial charge in [0.15, 0.2) is 0 Å². The lowest BCUT2D eigenvalue weighted by molar-refractivity contribution is -0.128. The lowest BCUT2D eigenvalue weighted by Crippen LogP contribution is -2.27. The van der Waals surface area contributed by atoms with E-state index in [-0.39, 0.29) is 24.2 Å². The number of anilines is 1. The number of aromatic nitrogens is 1. The largest absolute Gasteiger partial charge is 0.467 e. The predicted octanol–water partition coefficient (Wildman–Crippen LogP) is 4.54. The topological polar surface area (TPSA) is 75.4 Å². The number of benzene rings is 2. The summed E-state index contributed by atoms with van der Waals surface area (Å²) in [6, 6.07) is 19.3. The Morgan fingerprint density at radius 3 is 2.73 bits per heavy atom. The molecule has 0 bridgehead atoms. The van der Waals surface area contributed by atoms with Crippen LogP contribution in [0.5, 0.6) is 0 Å². The summed E-state index contributed by atoms with van der Waals surface area (Å²) in [5.74, 6) is 0.182. The Bertz CT molecular complexity index is 1170. The first kappa shape index (κ1) is 18.6. The Balaban J connectivity index is 1.23. The number of thiazole rings is 1. The highest BCUT2D eigenvalue weighted by Crippen LogP contribution is 2.31. The van der Waals surface area contributed by atoms with Crippen molar-refractivity contribution < 1.29 is 14.0 Å². The minimum Gasteiger partial charge on any atom is -0.467 e. The van der Waals surface area contributed by atoms with Gasteiger partial charge in [-0.25, -0.2) is 4.98 Å². The van der Waals surface area contributed by atoms with Crippen LogP contribution in [0, 0.1) is 5.92 Å². The number of fused-ring (bicyclic) bond motifs is 1. The molecule has 0 radical (unpaired) electrons. The molecule has 1 aliphatic rings. The fraction of sp³-hybridized carbons (Fsp3) is 0.174. The number of nitrogens with zero attached hydrogens (tertiary/aromatic N) is 2. The SMILES string of the molecule is O=C(Nc1ccc(-c2nc3ccccc3s2)cc1)C1CC(=O)N(Cc2ccco2)C1. The van der Waals surface area contributed by atoms with E-state index in [2.05, 4.69) is 16.4 Å². The molecule has 5 rings (SSSR count). The first-order chi connectivity index (χ1) is 14.7. The number of amides is 2. The molecule has 1 N–H and O–H groups in total. The lowest BCUT2D eigenvalue weighted by Gasteiger charge is -2.15. The lowest BCUT2D eigenvalue weighted by atomic mass is 10.1. The number of furan rings is 1. The van der Waals surface area contributed by atoms with E-state index in [1.165, 1.54) is 0 Å². The maximum atomic E-state index is 12.7. The van der Waals surface area contributed by atoms with Crippen molar-refractivity contribution >= 4 is 39.1 Å². The zero-order valence-electron chi connectivity index (χ0n) is 16.1. The second-order valence-corrected chi connectivity index (χ2v) is 8.34. The van der Waals surface area contributed by atoms with Crippen LogP contribution in [0.1, 0.15) is 12.2 Å². The number of carbonyl (C=O) groups excluding carboxylic acids is 2. The third-order valence-corrected chi connectivity index (χ3v) is 6.29. The Kier molecular flexibility index (Phi) is 4.80. The van der Waals surface area contributed by atoms with Gasteiger partial charge in [0.25, 0.3) is 0 Å². The Hall–Kier alpha value is -3.45. The fourth-order valence-corrected chi connectivity index (χ4v) is 4.60. The summed E-state index contributed by atoms with van der Waals surface area (Å²) in [7, 11) is 0. The van der Waals surface area contributed by atoms with Gasteiger partial charge in [-0.05, 0) is 48.5 Å². The molecule has 1 atom stereocenters. The average Bonchev–Trinajstić information content (AvgIpc) is 3.49. The molecule has 2 aromatic carbocycles. The molecule has 150 valence electrons. The monoisotopic (exact) mass is 417 g/mol. The summed E-state index contributed by atoms with van der Waals surface area (Å²) in [5, 5.41) is 3.88. The van der Waals surface area contributed by atoms with E-state index in [4.69, 9.17) is 4.42 Å². The van der Waals surface area contributed by atoms with Gasteiger partial charge in [0, 0.05) is 24.2 Å². The second-order valence-electron chi connectivity index (χ2n) is 7.31. The molecule has 30 heavy (non-hydrogen) atoms. The average molecular weight is 417 g/mol. The highest BCUT2D eigenvalue weighted by Gasteiger charge is 2.34. The van der Waals surface area contributed by atoms with Gasteiger partial charge >= 0.3 is 0 Å².